The van der Waals surface area contributed by atoms with Crippen molar-refractivity contribution in [1.82, 2.24) is 15.2 Å². The van der Waals surface area contributed by atoms with Crippen LogP contribution in [-0.2, 0) is 4.79 Å². The topological polar surface area (TPSA) is 88.3 Å². The van der Waals surface area contributed by atoms with E-state index in [9.17, 15) is 9.59 Å². The number of aromatic nitrogens is 1. The fourth-order valence-corrected chi connectivity index (χ4v) is 1.42. The van der Waals surface area contributed by atoms with Gasteiger partial charge >= 0.3 is 0 Å². The number of nitrogens with one attached hydrogen (secondary N) is 1. The molecule has 0 fully saturated rings. The molecule has 1 rings (SSSR count). The highest BCUT2D eigenvalue weighted by molar-refractivity contribution is 5.99. The van der Waals surface area contributed by atoms with Gasteiger partial charge in [0.25, 0.3) is 5.91 Å². The lowest BCUT2D eigenvalue weighted by molar-refractivity contribution is -0.131. The fourth-order valence-electron chi connectivity index (χ4n) is 1.42. The molecule has 0 spiro atoms. The molecule has 0 aromatic carbocycles. The number of hydrogen-bond acceptors (Lipinski definition) is 4. The molecule has 0 radical (unpaired) electrons. The first-order chi connectivity index (χ1) is 8.47. The zero-order chi connectivity index (χ0) is 13.7. The molecule has 0 aliphatic carbocycles. The Hall–Kier alpha value is -2.11. The molecule has 0 saturated heterocycles. The van der Waals surface area contributed by atoms with Gasteiger partial charge in [-0.1, -0.05) is 0 Å². The minimum absolute atomic E-state index is 0.135. The molecule has 1 unspecified atom stereocenters. The number of hydrogen-bond donors (Lipinski definition) is 2. The van der Waals surface area contributed by atoms with E-state index in [0.717, 1.165) is 0 Å². The van der Waals surface area contributed by atoms with Crippen LogP contribution in [0.5, 0.6) is 0 Å². The van der Waals surface area contributed by atoms with Crippen molar-refractivity contribution < 1.29 is 9.59 Å². The van der Waals surface area contributed by atoms with E-state index in [1.807, 2.05) is 6.92 Å². The number of amides is 2. The molecule has 0 aliphatic heterocycles. The lowest BCUT2D eigenvalue weighted by Crippen LogP contribution is -2.45. The summed E-state index contributed by atoms with van der Waals surface area (Å²) in [7, 11) is 1.68. The molecule has 6 nitrogen and oxygen atoms in total. The molecule has 1 heterocycles. The Morgan fingerprint density at radius 2 is 2.22 bits per heavy atom. The summed E-state index contributed by atoms with van der Waals surface area (Å²) in [5.74, 6) is -0.598. The average Bonchev–Trinajstić information content (AvgIpc) is 2.37. The van der Waals surface area contributed by atoms with Crippen molar-refractivity contribution in [3.63, 3.8) is 0 Å². The van der Waals surface area contributed by atoms with Gasteiger partial charge in [-0.25, -0.2) is 4.98 Å². The summed E-state index contributed by atoms with van der Waals surface area (Å²) in [5.41, 5.74) is 6.07. The summed E-state index contributed by atoms with van der Waals surface area (Å²) in [4.78, 5) is 29.1. The van der Waals surface area contributed by atoms with E-state index in [0.29, 0.717) is 12.2 Å². The van der Waals surface area contributed by atoms with E-state index < -0.39 is 11.9 Å². The van der Waals surface area contributed by atoms with Gasteiger partial charge in [-0.05, 0) is 26.0 Å². The molecule has 1 aromatic heterocycles. The van der Waals surface area contributed by atoms with Crippen LogP contribution in [-0.4, -0.2) is 41.3 Å². The summed E-state index contributed by atoms with van der Waals surface area (Å²) < 4.78 is 0. The van der Waals surface area contributed by atoms with Gasteiger partial charge in [0.15, 0.2) is 5.69 Å². The zero-order valence-corrected chi connectivity index (χ0v) is 10.8. The Morgan fingerprint density at radius 3 is 2.78 bits per heavy atom. The highest BCUT2D eigenvalue weighted by Gasteiger charge is 2.20. The van der Waals surface area contributed by atoms with Crippen LogP contribution >= 0.6 is 0 Å². The second-order valence-corrected chi connectivity index (χ2v) is 3.99. The Morgan fingerprint density at radius 1 is 1.56 bits per heavy atom. The van der Waals surface area contributed by atoms with Crippen LogP contribution in [0, 0.1) is 0 Å². The Bertz CT molecular complexity index is 447. The van der Waals surface area contributed by atoms with Gasteiger partial charge in [-0.15, -0.1) is 0 Å². The number of pyridine rings is 1. The van der Waals surface area contributed by atoms with E-state index in [-0.39, 0.29) is 11.6 Å². The highest BCUT2D eigenvalue weighted by atomic mass is 16.2. The van der Waals surface area contributed by atoms with Crippen LogP contribution in [0.1, 0.15) is 24.3 Å². The summed E-state index contributed by atoms with van der Waals surface area (Å²) in [5, 5.41) is 2.58. The molecule has 3 N–H and O–H groups in total. The molecular formula is C12H18N4O2. The molecule has 0 bridgehead atoms. The van der Waals surface area contributed by atoms with Gasteiger partial charge in [-0.2, -0.15) is 0 Å². The van der Waals surface area contributed by atoms with E-state index >= 15 is 0 Å². The molecule has 0 aliphatic rings. The third-order valence-electron chi connectivity index (χ3n) is 2.62. The number of carbonyl (C=O) groups is 2. The number of nitrogens with two attached hydrogens (primary N) is 1. The number of likely N-dealkylation sites (N-methyl/N-ethyl adjacent to an activating group) is 1. The van der Waals surface area contributed by atoms with Crippen molar-refractivity contribution in [2.24, 2.45) is 0 Å². The third kappa shape index (κ3) is 3.19. The molecule has 2 amide bonds. The average molecular weight is 250 g/mol. The van der Waals surface area contributed by atoms with Crippen LogP contribution in [0.3, 0.4) is 0 Å². The predicted molar refractivity (Wildman–Crippen MR) is 68.9 cm³/mol. The molecule has 6 heteroatoms. The number of rotatable bonds is 4. The van der Waals surface area contributed by atoms with E-state index in [1.165, 1.54) is 11.1 Å². The van der Waals surface area contributed by atoms with Crippen LogP contribution in [0.15, 0.2) is 18.3 Å². The van der Waals surface area contributed by atoms with Crippen molar-refractivity contribution in [2.45, 2.75) is 19.9 Å². The number of nitrogen functional groups attached to an aromatic ring is 1. The number of nitrogens with zero attached hydrogens (tertiary/aromatic N) is 2. The van der Waals surface area contributed by atoms with Gasteiger partial charge < -0.3 is 16.0 Å². The van der Waals surface area contributed by atoms with E-state index in [1.54, 1.807) is 26.1 Å². The minimum atomic E-state index is -0.608. The first kappa shape index (κ1) is 14.0. The van der Waals surface area contributed by atoms with Crippen molar-refractivity contribution in [3.8, 4) is 0 Å². The van der Waals surface area contributed by atoms with Crippen molar-refractivity contribution in [2.75, 3.05) is 19.3 Å². The van der Waals surface area contributed by atoms with E-state index in [2.05, 4.69) is 10.3 Å². The summed E-state index contributed by atoms with van der Waals surface area (Å²) in [6.45, 7) is 4.08. The molecule has 1 atom stereocenters. The van der Waals surface area contributed by atoms with Gasteiger partial charge in [-0.3, -0.25) is 9.59 Å². The highest BCUT2D eigenvalue weighted by Crippen LogP contribution is 2.06. The van der Waals surface area contributed by atoms with Crippen LogP contribution in [0.25, 0.3) is 0 Å². The third-order valence-corrected chi connectivity index (χ3v) is 2.62. The largest absolute Gasteiger partial charge is 0.397 e. The lowest BCUT2D eigenvalue weighted by Gasteiger charge is -2.20. The Labute approximate surface area is 106 Å². The lowest BCUT2D eigenvalue weighted by atomic mass is 10.2. The van der Waals surface area contributed by atoms with Crippen LogP contribution in [0.4, 0.5) is 5.69 Å². The minimum Gasteiger partial charge on any atom is -0.397 e. The summed E-state index contributed by atoms with van der Waals surface area (Å²) in [6.07, 6.45) is 1.48. The predicted octanol–water partition coefficient (Wildman–Crippen LogP) is 0.260. The zero-order valence-electron chi connectivity index (χ0n) is 10.8. The van der Waals surface area contributed by atoms with Crippen molar-refractivity contribution in [3.05, 3.63) is 24.0 Å². The maximum absolute atomic E-state index is 11.9. The molecule has 0 saturated carbocycles. The van der Waals surface area contributed by atoms with Crippen LogP contribution in [0.2, 0.25) is 0 Å². The van der Waals surface area contributed by atoms with Crippen LogP contribution < -0.4 is 11.1 Å². The standard InChI is InChI=1S/C12H18N4O2/c1-4-16(3)12(18)8(2)15-11(17)10-9(13)6-5-7-14-10/h5-8H,4,13H2,1-3H3,(H,15,17). The second kappa shape index (κ2) is 6.00. The van der Waals surface area contributed by atoms with Gasteiger partial charge in [0, 0.05) is 19.8 Å². The SMILES string of the molecule is CCN(C)C(=O)C(C)NC(=O)c1ncccc1N. The molecule has 1 aromatic rings. The number of anilines is 1. The quantitative estimate of drug-likeness (QED) is 0.802. The molecule has 98 valence electrons. The first-order valence-electron chi connectivity index (χ1n) is 5.73. The first-order valence-corrected chi connectivity index (χ1v) is 5.73. The smallest absolute Gasteiger partial charge is 0.272 e. The van der Waals surface area contributed by atoms with Gasteiger partial charge in [0.2, 0.25) is 5.91 Å². The fraction of sp³-hybridized carbons (Fsp3) is 0.417. The normalized spacial score (nSPS) is 11.7. The summed E-state index contributed by atoms with van der Waals surface area (Å²) >= 11 is 0. The van der Waals surface area contributed by atoms with Gasteiger partial charge in [0.05, 0.1) is 5.69 Å². The van der Waals surface area contributed by atoms with Gasteiger partial charge in [0.1, 0.15) is 6.04 Å². The Kier molecular flexibility index (Phi) is 4.65. The van der Waals surface area contributed by atoms with Crippen molar-refractivity contribution >= 4 is 17.5 Å². The Balaban J connectivity index is 2.71. The molecular weight excluding hydrogens is 232 g/mol. The number of carbonyl (C=O) groups excluding carboxylic acids is 2. The molecule has 18 heavy (non-hydrogen) atoms. The van der Waals surface area contributed by atoms with Crippen molar-refractivity contribution in [1.29, 1.82) is 0 Å². The maximum atomic E-state index is 11.9. The summed E-state index contributed by atoms with van der Waals surface area (Å²) in [6, 6.07) is 2.63. The second-order valence-electron chi connectivity index (χ2n) is 3.99. The van der Waals surface area contributed by atoms with E-state index in [4.69, 9.17) is 5.73 Å². The monoisotopic (exact) mass is 250 g/mol. The maximum Gasteiger partial charge on any atom is 0.272 e.